The smallest absolute Gasteiger partial charge is 0.434 e. The zero-order valence-electron chi connectivity index (χ0n) is 14.2. The first-order valence-corrected chi connectivity index (χ1v) is 7.88. The Morgan fingerprint density at radius 1 is 1.03 bits per heavy atom. The molecule has 3 aromatic rings. The summed E-state index contributed by atoms with van der Waals surface area (Å²) in [6, 6.07) is 6.36. The van der Waals surface area contributed by atoms with Crippen LogP contribution in [0.4, 0.5) is 26.3 Å². The van der Waals surface area contributed by atoms with E-state index in [1.807, 2.05) is 0 Å². The molecule has 0 saturated heterocycles. The lowest BCUT2D eigenvalue weighted by molar-refractivity contribution is -0.153. The molecule has 0 aliphatic rings. The van der Waals surface area contributed by atoms with Gasteiger partial charge in [0, 0.05) is 11.8 Å². The SMILES string of the molecule is O=Cc1ccn2c(=O)c(-c3ccc(OCC(F)(F)F)cc3)c(C(F)(F)F)nc2c1. The summed E-state index contributed by atoms with van der Waals surface area (Å²) in [4.78, 5) is 27.0. The second kappa shape index (κ2) is 7.22. The second-order valence-corrected chi connectivity index (χ2v) is 5.87. The van der Waals surface area contributed by atoms with Gasteiger partial charge in [-0.25, -0.2) is 4.98 Å². The first-order valence-electron chi connectivity index (χ1n) is 7.88. The number of hydrogen-bond donors (Lipinski definition) is 0. The molecule has 29 heavy (non-hydrogen) atoms. The van der Waals surface area contributed by atoms with Crippen LogP contribution >= 0.6 is 0 Å². The fourth-order valence-electron chi connectivity index (χ4n) is 2.58. The zero-order valence-corrected chi connectivity index (χ0v) is 14.2. The van der Waals surface area contributed by atoms with Crippen LogP contribution in [0.5, 0.6) is 5.75 Å². The first kappa shape index (κ1) is 20.4. The maximum Gasteiger partial charge on any atom is 0.434 e. The molecule has 0 N–H and O–H groups in total. The van der Waals surface area contributed by atoms with Gasteiger partial charge in [0.05, 0.1) is 5.56 Å². The maximum atomic E-state index is 13.5. The molecule has 0 saturated carbocycles. The number of rotatable bonds is 4. The summed E-state index contributed by atoms with van der Waals surface area (Å²) in [5.41, 5.74) is -3.86. The minimum Gasteiger partial charge on any atom is -0.484 e. The number of hydrogen-bond acceptors (Lipinski definition) is 4. The fourth-order valence-corrected chi connectivity index (χ4v) is 2.58. The van der Waals surface area contributed by atoms with Gasteiger partial charge >= 0.3 is 12.4 Å². The lowest BCUT2D eigenvalue weighted by Crippen LogP contribution is -2.24. The van der Waals surface area contributed by atoms with Gasteiger partial charge in [0.25, 0.3) is 5.56 Å². The maximum absolute atomic E-state index is 13.5. The van der Waals surface area contributed by atoms with Gasteiger partial charge in [-0.3, -0.25) is 14.0 Å². The number of carbonyl (C=O) groups is 1. The molecule has 0 spiro atoms. The molecule has 3 rings (SSSR count). The Kier molecular flexibility index (Phi) is 5.07. The molecular weight excluding hydrogens is 406 g/mol. The third-order valence-corrected chi connectivity index (χ3v) is 3.80. The molecule has 0 fully saturated rings. The molecule has 0 aliphatic heterocycles. The van der Waals surface area contributed by atoms with Crippen molar-refractivity contribution in [3.63, 3.8) is 0 Å². The van der Waals surface area contributed by atoms with Crippen molar-refractivity contribution in [3.05, 3.63) is 64.2 Å². The van der Waals surface area contributed by atoms with Crippen LogP contribution in [-0.2, 0) is 6.18 Å². The topological polar surface area (TPSA) is 60.7 Å². The van der Waals surface area contributed by atoms with Gasteiger partial charge in [0.15, 0.2) is 12.3 Å². The molecule has 2 heterocycles. The molecule has 0 atom stereocenters. The van der Waals surface area contributed by atoms with Crippen molar-refractivity contribution >= 4 is 11.9 Å². The van der Waals surface area contributed by atoms with Crippen LogP contribution in [0.15, 0.2) is 47.4 Å². The molecule has 11 heteroatoms. The molecule has 5 nitrogen and oxygen atoms in total. The highest BCUT2D eigenvalue weighted by atomic mass is 19.4. The van der Waals surface area contributed by atoms with E-state index in [0.717, 1.165) is 40.9 Å². The molecule has 2 aromatic heterocycles. The highest BCUT2D eigenvalue weighted by Gasteiger charge is 2.38. The van der Waals surface area contributed by atoms with Crippen molar-refractivity contribution in [3.8, 4) is 16.9 Å². The van der Waals surface area contributed by atoms with E-state index in [4.69, 9.17) is 0 Å². The number of benzene rings is 1. The summed E-state index contributed by atoms with van der Waals surface area (Å²) in [5, 5.41) is 0. The van der Waals surface area contributed by atoms with Crippen LogP contribution < -0.4 is 10.3 Å². The molecule has 1 aromatic carbocycles. The van der Waals surface area contributed by atoms with Crippen molar-refractivity contribution in [2.75, 3.05) is 6.61 Å². The van der Waals surface area contributed by atoms with E-state index < -0.39 is 35.8 Å². The average Bonchev–Trinajstić information content (AvgIpc) is 2.65. The van der Waals surface area contributed by atoms with Crippen LogP contribution in [0.3, 0.4) is 0 Å². The predicted octanol–water partition coefficient (Wildman–Crippen LogP) is 4.13. The lowest BCUT2D eigenvalue weighted by Gasteiger charge is -2.14. The summed E-state index contributed by atoms with van der Waals surface area (Å²) >= 11 is 0. The standard InChI is InChI=1S/C18H10F6N2O3/c19-17(20,21)9-29-12-3-1-11(2-4-12)14-15(18(22,23)24)25-13-7-10(8-27)5-6-26(13)16(14)28/h1-8H,9H2. The quantitative estimate of drug-likeness (QED) is 0.474. The number of pyridine rings is 1. The van der Waals surface area contributed by atoms with Gasteiger partial charge in [-0.1, -0.05) is 12.1 Å². The second-order valence-electron chi connectivity index (χ2n) is 5.87. The third-order valence-electron chi connectivity index (χ3n) is 3.80. The Labute approximate surface area is 158 Å². The summed E-state index contributed by atoms with van der Waals surface area (Å²) in [5.74, 6) is -0.232. The number of ether oxygens (including phenoxy) is 1. The number of carbonyl (C=O) groups excluding carboxylic acids is 1. The van der Waals surface area contributed by atoms with Crippen LogP contribution in [-0.4, -0.2) is 28.5 Å². The lowest BCUT2D eigenvalue weighted by atomic mass is 10.0. The van der Waals surface area contributed by atoms with Crippen LogP contribution in [0.25, 0.3) is 16.8 Å². The average molecular weight is 416 g/mol. The van der Waals surface area contributed by atoms with E-state index in [9.17, 15) is 35.9 Å². The fraction of sp³-hybridized carbons (Fsp3) is 0.167. The van der Waals surface area contributed by atoms with Gasteiger partial charge in [-0.15, -0.1) is 0 Å². The van der Waals surface area contributed by atoms with Gasteiger partial charge in [0.1, 0.15) is 17.7 Å². The highest BCUT2D eigenvalue weighted by Crippen LogP contribution is 2.34. The number of halogens is 6. The van der Waals surface area contributed by atoms with E-state index >= 15 is 0 Å². The van der Waals surface area contributed by atoms with Crippen LogP contribution in [0, 0.1) is 0 Å². The number of aldehydes is 1. The Morgan fingerprint density at radius 3 is 2.24 bits per heavy atom. The van der Waals surface area contributed by atoms with Gasteiger partial charge < -0.3 is 4.74 Å². The minimum absolute atomic E-state index is 0.0314. The highest BCUT2D eigenvalue weighted by molar-refractivity contribution is 5.77. The van der Waals surface area contributed by atoms with Crippen molar-refractivity contribution in [2.45, 2.75) is 12.4 Å². The number of fused-ring (bicyclic) bond motifs is 1. The number of alkyl halides is 6. The number of aromatic nitrogens is 2. The Hall–Kier alpha value is -3.37. The van der Waals surface area contributed by atoms with E-state index in [1.165, 1.54) is 6.07 Å². The van der Waals surface area contributed by atoms with Gasteiger partial charge in [-0.2, -0.15) is 26.3 Å². The summed E-state index contributed by atoms with van der Waals surface area (Å²) < 4.78 is 82.5. The Bertz CT molecular complexity index is 1120. The molecular formula is C18H10F6N2O3. The van der Waals surface area contributed by atoms with E-state index in [0.29, 0.717) is 6.29 Å². The largest absolute Gasteiger partial charge is 0.484 e. The van der Waals surface area contributed by atoms with Crippen molar-refractivity contribution in [1.82, 2.24) is 9.38 Å². The Balaban J connectivity index is 2.14. The van der Waals surface area contributed by atoms with Gasteiger partial charge in [-0.05, 0) is 29.8 Å². The Morgan fingerprint density at radius 2 is 1.69 bits per heavy atom. The minimum atomic E-state index is -4.99. The van der Waals surface area contributed by atoms with Crippen molar-refractivity contribution in [1.29, 1.82) is 0 Å². The van der Waals surface area contributed by atoms with Crippen molar-refractivity contribution in [2.24, 2.45) is 0 Å². The van der Waals surface area contributed by atoms with E-state index in [1.54, 1.807) is 0 Å². The molecule has 0 bridgehead atoms. The zero-order chi connectivity index (χ0) is 21.4. The summed E-state index contributed by atoms with van der Waals surface area (Å²) in [6.45, 7) is -1.57. The predicted molar refractivity (Wildman–Crippen MR) is 88.8 cm³/mol. The normalized spacial score (nSPS) is 12.2. The monoisotopic (exact) mass is 416 g/mol. The number of nitrogens with zero attached hydrogens (tertiary/aromatic N) is 2. The molecule has 152 valence electrons. The molecule has 0 unspecified atom stereocenters. The first-order chi connectivity index (χ1) is 13.5. The third kappa shape index (κ3) is 4.39. The van der Waals surface area contributed by atoms with E-state index in [2.05, 4.69) is 9.72 Å². The van der Waals surface area contributed by atoms with Crippen LogP contribution in [0.2, 0.25) is 0 Å². The molecule has 0 amide bonds. The van der Waals surface area contributed by atoms with Crippen molar-refractivity contribution < 1.29 is 35.9 Å². The van der Waals surface area contributed by atoms with E-state index in [-0.39, 0.29) is 22.5 Å². The summed E-state index contributed by atoms with van der Waals surface area (Å²) in [6.07, 6.45) is -8.07. The molecule has 0 aliphatic carbocycles. The van der Waals surface area contributed by atoms with Gasteiger partial charge in [0.2, 0.25) is 0 Å². The van der Waals surface area contributed by atoms with Crippen LogP contribution in [0.1, 0.15) is 16.1 Å². The molecule has 0 radical (unpaired) electrons. The summed E-state index contributed by atoms with van der Waals surface area (Å²) in [7, 11) is 0.